The van der Waals surface area contributed by atoms with Crippen molar-refractivity contribution in [1.82, 2.24) is 9.99 Å². The molecule has 0 saturated heterocycles. The summed E-state index contributed by atoms with van der Waals surface area (Å²) in [6, 6.07) is 15.9. The van der Waals surface area contributed by atoms with E-state index >= 15 is 0 Å². The number of phenolic OH excluding ortho intramolecular Hbond substituents is 1. The van der Waals surface area contributed by atoms with E-state index in [0.717, 1.165) is 22.0 Å². The van der Waals surface area contributed by atoms with Crippen molar-refractivity contribution in [3.63, 3.8) is 0 Å². The van der Waals surface area contributed by atoms with E-state index in [0.29, 0.717) is 29.4 Å². The summed E-state index contributed by atoms with van der Waals surface area (Å²) < 4.78 is 18.4. The van der Waals surface area contributed by atoms with Gasteiger partial charge in [-0.3, -0.25) is 4.79 Å². The molecular formula is C26H26N4O5. The number of rotatable bonds is 8. The van der Waals surface area contributed by atoms with Crippen molar-refractivity contribution in [2.75, 3.05) is 27.1 Å². The lowest BCUT2D eigenvalue weighted by Crippen LogP contribution is -2.17. The summed E-state index contributed by atoms with van der Waals surface area (Å²) in [5.41, 5.74) is 11.4. The molecule has 0 fully saturated rings. The number of hydrogen-bond acceptors (Lipinski definition) is 7. The Morgan fingerprint density at radius 2 is 1.80 bits per heavy atom. The monoisotopic (exact) mass is 474 g/mol. The molecule has 1 amide bonds. The molecule has 0 radical (unpaired) electrons. The molecule has 35 heavy (non-hydrogen) atoms. The van der Waals surface area contributed by atoms with Crippen LogP contribution in [0.3, 0.4) is 0 Å². The molecule has 3 aromatic carbocycles. The lowest BCUT2D eigenvalue weighted by Gasteiger charge is -2.15. The fraction of sp³-hybridized carbons (Fsp3) is 0.154. The highest BCUT2D eigenvalue weighted by atomic mass is 16.5. The van der Waals surface area contributed by atoms with Gasteiger partial charge in [0, 0.05) is 34.8 Å². The number of aromatic hydroxyl groups is 1. The number of ether oxygens (including phenoxy) is 3. The van der Waals surface area contributed by atoms with Gasteiger partial charge < -0.3 is 29.6 Å². The molecular weight excluding hydrogens is 448 g/mol. The molecule has 0 spiro atoms. The summed E-state index contributed by atoms with van der Waals surface area (Å²) in [5, 5.41) is 14.6. The van der Waals surface area contributed by atoms with E-state index < -0.39 is 5.91 Å². The number of nitrogen functional groups attached to an aromatic ring is 1. The molecule has 0 atom stereocenters. The summed E-state index contributed by atoms with van der Waals surface area (Å²) in [7, 11) is 4.76. The number of nitrogens with zero attached hydrogens (tertiary/aromatic N) is 2. The van der Waals surface area contributed by atoms with Crippen molar-refractivity contribution >= 4 is 28.7 Å². The zero-order valence-corrected chi connectivity index (χ0v) is 19.6. The molecule has 0 unspecified atom stereocenters. The summed E-state index contributed by atoms with van der Waals surface area (Å²) in [6.45, 7) is 0.583. The van der Waals surface area contributed by atoms with E-state index in [1.807, 2.05) is 42.6 Å². The third-order valence-corrected chi connectivity index (χ3v) is 5.58. The number of fused-ring (bicyclic) bond motifs is 1. The van der Waals surface area contributed by atoms with E-state index in [9.17, 15) is 9.90 Å². The van der Waals surface area contributed by atoms with E-state index in [-0.39, 0.29) is 11.4 Å². The van der Waals surface area contributed by atoms with Crippen LogP contribution in [0.15, 0.2) is 65.9 Å². The van der Waals surface area contributed by atoms with Gasteiger partial charge in [0.2, 0.25) is 5.75 Å². The van der Waals surface area contributed by atoms with Gasteiger partial charge in [-0.25, -0.2) is 5.43 Å². The third-order valence-electron chi connectivity index (χ3n) is 5.58. The molecule has 9 heteroatoms. The SMILES string of the molecule is COc1cc(Cn2ccc3c(/C=N/NC(=O)c4ccc(O)c(N)c4)cccc32)cc(OC)c1OC. The van der Waals surface area contributed by atoms with Crippen LogP contribution in [0.5, 0.6) is 23.0 Å². The number of hydrogen-bond donors (Lipinski definition) is 3. The van der Waals surface area contributed by atoms with Crippen molar-refractivity contribution < 1.29 is 24.1 Å². The smallest absolute Gasteiger partial charge is 0.271 e. The summed E-state index contributed by atoms with van der Waals surface area (Å²) >= 11 is 0. The number of carbonyl (C=O) groups is 1. The third kappa shape index (κ3) is 4.84. The number of aromatic nitrogens is 1. The Morgan fingerprint density at radius 1 is 1.06 bits per heavy atom. The number of benzene rings is 3. The van der Waals surface area contributed by atoms with Crippen LogP contribution in [0.4, 0.5) is 5.69 Å². The summed E-state index contributed by atoms with van der Waals surface area (Å²) in [5.74, 6) is 1.23. The zero-order valence-electron chi connectivity index (χ0n) is 19.6. The van der Waals surface area contributed by atoms with Crippen LogP contribution in [-0.2, 0) is 6.54 Å². The van der Waals surface area contributed by atoms with Crippen LogP contribution in [-0.4, -0.2) is 43.1 Å². The lowest BCUT2D eigenvalue weighted by atomic mass is 10.1. The largest absolute Gasteiger partial charge is 0.506 e. The first-order valence-corrected chi connectivity index (χ1v) is 10.7. The van der Waals surface area contributed by atoms with Crippen molar-refractivity contribution in [1.29, 1.82) is 0 Å². The molecule has 4 N–H and O–H groups in total. The number of phenols is 1. The first kappa shape index (κ1) is 23.5. The van der Waals surface area contributed by atoms with Gasteiger partial charge in [-0.15, -0.1) is 0 Å². The van der Waals surface area contributed by atoms with E-state index in [1.165, 1.54) is 18.2 Å². The normalized spacial score (nSPS) is 11.1. The predicted octanol–water partition coefficient (Wildman–Crippen LogP) is 3.77. The minimum absolute atomic E-state index is 0.0761. The molecule has 0 saturated carbocycles. The number of nitrogens with two attached hydrogens (primary N) is 1. The number of nitrogens with one attached hydrogen (secondary N) is 1. The second-order valence-electron chi connectivity index (χ2n) is 7.73. The highest BCUT2D eigenvalue weighted by Crippen LogP contribution is 2.38. The average Bonchev–Trinajstić information content (AvgIpc) is 3.28. The van der Waals surface area contributed by atoms with Crippen molar-refractivity contribution in [2.45, 2.75) is 6.54 Å². The fourth-order valence-corrected chi connectivity index (χ4v) is 3.84. The quantitative estimate of drug-likeness (QED) is 0.155. The average molecular weight is 475 g/mol. The maximum absolute atomic E-state index is 12.3. The van der Waals surface area contributed by atoms with E-state index in [4.69, 9.17) is 19.9 Å². The van der Waals surface area contributed by atoms with Gasteiger partial charge in [0.05, 0.1) is 33.2 Å². The van der Waals surface area contributed by atoms with Crippen LogP contribution in [0.2, 0.25) is 0 Å². The minimum atomic E-state index is -0.430. The van der Waals surface area contributed by atoms with Gasteiger partial charge in [0.1, 0.15) is 5.75 Å². The van der Waals surface area contributed by atoms with Gasteiger partial charge in [0.15, 0.2) is 11.5 Å². The first-order valence-electron chi connectivity index (χ1n) is 10.7. The lowest BCUT2D eigenvalue weighted by molar-refractivity contribution is 0.0955. The second-order valence-corrected chi connectivity index (χ2v) is 7.73. The van der Waals surface area contributed by atoms with Crippen LogP contribution in [0.25, 0.3) is 10.9 Å². The Kier molecular flexibility index (Phi) is 6.77. The van der Waals surface area contributed by atoms with Crippen LogP contribution in [0.1, 0.15) is 21.5 Å². The maximum atomic E-state index is 12.3. The molecule has 4 rings (SSSR count). The van der Waals surface area contributed by atoms with E-state index in [2.05, 4.69) is 15.1 Å². The molecule has 0 aliphatic rings. The molecule has 0 aliphatic carbocycles. The molecule has 180 valence electrons. The molecule has 0 bridgehead atoms. The minimum Gasteiger partial charge on any atom is -0.506 e. The summed E-state index contributed by atoms with van der Waals surface area (Å²) in [6.07, 6.45) is 3.58. The molecule has 9 nitrogen and oxygen atoms in total. The topological polar surface area (TPSA) is 120 Å². The van der Waals surface area contributed by atoms with Crippen LogP contribution >= 0.6 is 0 Å². The first-order chi connectivity index (χ1) is 16.9. The van der Waals surface area contributed by atoms with Crippen molar-refractivity contribution in [3.8, 4) is 23.0 Å². The number of methoxy groups -OCH3 is 3. The van der Waals surface area contributed by atoms with Gasteiger partial charge in [0.25, 0.3) is 5.91 Å². The highest BCUT2D eigenvalue weighted by Gasteiger charge is 2.14. The van der Waals surface area contributed by atoms with Gasteiger partial charge in [-0.1, -0.05) is 12.1 Å². The Morgan fingerprint density at radius 3 is 2.46 bits per heavy atom. The zero-order chi connectivity index (χ0) is 24.9. The molecule has 4 aromatic rings. The fourth-order valence-electron chi connectivity index (χ4n) is 3.84. The predicted molar refractivity (Wildman–Crippen MR) is 135 cm³/mol. The number of hydrazone groups is 1. The van der Waals surface area contributed by atoms with Crippen molar-refractivity contribution in [2.24, 2.45) is 5.10 Å². The van der Waals surface area contributed by atoms with E-state index in [1.54, 1.807) is 27.5 Å². The maximum Gasteiger partial charge on any atom is 0.271 e. The Hall–Kier alpha value is -4.66. The van der Waals surface area contributed by atoms with Crippen molar-refractivity contribution in [3.05, 3.63) is 77.5 Å². The van der Waals surface area contributed by atoms with Gasteiger partial charge in [-0.2, -0.15) is 5.10 Å². The van der Waals surface area contributed by atoms with Crippen LogP contribution in [0, 0.1) is 0 Å². The highest BCUT2D eigenvalue weighted by molar-refractivity contribution is 6.00. The summed E-state index contributed by atoms with van der Waals surface area (Å²) in [4.78, 5) is 12.3. The number of carbonyl (C=O) groups excluding carboxylic acids is 1. The van der Waals surface area contributed by atoms with Gasteiger partial charge >= 0.3 is 0 Å². The molecule has 0 aliphatic heterocycles. The number of anilines is 1. The second kappa shape index (κ2) is 10.1. The van der Waals surface area contributed by atoms with Crippen LogP contribution < -0.4 is 25.4 Å². The molecule has 1 aromatic heterocycles. The number of amides is 1. The Labute approximate surface area is 202 Å². The standard InChI is InChI=1S/C26H26N4O5/c1-33-23-11-16(12-24(34-2)25(23)35-3)15-30-10-9-19-18(5-4-6-21(19)30)14-28-29-26(32)17-7-8-22(31)20(27)13-17/h4-14,31H,15,27H2,1-3H3,(H,29,32)/b28-14+. The Bertz CT molecular complexity index is 1390. The Balaban J connectivity index is 1.56. The van der Waals surface area contributed by atoms with Gasteiger partial charge in [-0.05, 0) is 48.0 Å². The molecule has 1 heterocycles.